The van der Waals surface area contributed by atoms with Gasteiger partial charge in [0.1, 0.15) is 11.9 Å². The van der Waals surface area contributed by atoms with Crippen LogP contribution in [0.25, 0.3) is 0 Å². The number of anilines is 1. The number of urea groups is 1. The lowest BCUT2D eigenvalue weighted by Gasteiger charge is -2.44. The molecule has 152 valence electrons. The molecule has 2 heterocycles. The Morgan fingerprint density at radius 1 is 1.21 bits per heavy atom. The maximum absolute atomic E-state index is 13.0. The average Bonchev–Trinajstić information content (AvgIpc) is 3.42. The zero-order valence-corrected chi connectivity index (χ0v) is 16.2. The Bertz CT molecular complexity index is 737. The molecule has 1 spiro atoms. The summed E-state index contributed by atoms with van der Waals surface area (Å²) < 4.78 is 19.3. The molecule has 0 unspecified atom stereocenters. The molecule has 3 aliphatic rings. The Morgan fingerprint density at radius 2 is 1.96 bits per heavy atom. The van der Waals surface area contributed by atoms with Gasteiger partial charge in [0.05, 0.1) is 5.60 Å². The molecule has 3 atom stereocenters. The molecule has 1 aliphatic carbocycles. The van der Waals surface area contributed by atoms with E-state index < -0.39 is 0 Å². The highest BCUT2D eigenvalue weighted by Gasteiger charge is 2.49. The molecule has 7 heteroatoms. The maximum atomic E-state index is 13.0. The van der Waals surface area contributed by atoms with Crippen LogP contribution in [-0.4, -0.2) is 48.2 Å². The predicted octanol–water partition coefficient (Wildman–Crippen LogP) is 3.14. The quantitative estimate of drug-likeness (QED) is 0.831. The van der Waals surface area contributed by atoms with Gasteiger partial charge < -0.3 is 20.3 Å². The minimum absolute atomic E-state index is 0.00691. The van der Waals surface area contributed by atoms with E-state index in [-0.39, 0.29) is 35.4 Å². The monoisotopic (exact) mass is 389 g/mol. The molecular weight excluding hydrogens is 361 g/mol. The summed E-state index contributed by atoms with van der Waals surface area (Å²) in [6.07, 6.45) is 4.36. The molecule has 2 aliphatic heterocycles. The number of ether oxygens (including phenoxy) is 1. The summed E-state index contributed by atoms with van der Waals surface area (Å²) in [6, 6.07) is 5.55. The lowest BCUT2D eigenvalue weighted by Crippen LogP contribution is -2.54. The molecule has 6 nitrogen and oxygen atoms in total. The van der Waals surface area contributed by atoms with Gasteiger partial charge in [-0.25, -0.2) is 9.18 Å². The second kappa shape index (κ2) is 7.70. The molecule has 3 amide bonds. The highest BCUT2D eigenvalue weighted by atomic mass is 19.1. The fourth-order valence-electron chi connectivity index (χ4n) is 4.27. The second-order valence-electron chi connectivity index (χ2n) is 8.43. The van der Waals surface area contributed by atoms with Crippen LogP contribution >= 0.6 is 0 Å². The van der Waals surface area contributed by atoms with Crippen LogP contribution in [0.1, 0.15) is 39.0 Å². The lowest BCUT2D eigenvalue weighted by atomic mass is 9.80. The SMILES string of the molecule is C[C@@H]1CN(C(=O)Nc2ccc(F)cc2)CC[C@@]12CC[C@@H](C(=O)NCC1CC1)O2. The first-order chi connectivity index (χ1) is 13.4. The van der Waals surface area contributed by atoms with E-state index >= 15 is 0 Å². The van der Waals surface area contributed by atoms with Gasteiger partial charge in [-0.1, -0.05) is 6.92 Å². The van der Waals surface area contributed by atoms with Gasteiger partial charge in [-0.15, -0.1) is 0 Å². The summed E-state index contributed by atoms with van der Waals surface area (Å²) in [5, 5.41) is 5.83. The molecule has 2 N–H and O–H groups in total. The van der Waals surface area contributed by atoms with Crippen molar-refractivity contribution in [2.24, 2.45) is 11.8 Å². The molecule has 1 aromatic carbocycles. The Kier molecular flexibility index (Phi) is 5.27. The molecule has 1 saturated carbocycles. The molecule has 1 aromatic rings. The van der Waals surface area contributed by atoms with Crippen molar-refractivity contribution in [1.29, 1.82) is 0 Å². The zero-order valence-electron chi connectivity index (χ0n) is 16.2. The van der Waals surface area contributed by atoms with Gasteiger partial charge in [0.25, 0.3) is 0 Å². The summed E-state index contributed by atoms with van der Waals surface area (Å²) in [5.41, 5.74) is 0.248. The maximum Gasteiger partial charge on any atom is 0.321 e. The highest BCUT2D eigenvalue weighted by Crippen LogP contribution is 2.42. The third-order valence-corrected chi connectivity index (χ3v) is 6.34. The van der Waals surface area contributed by atoms with Gasteiger partial charge in [-0.2, -0.15) is 0 Å². The van der Waals surface area contributed by atoms with Crippen LogP contribution in [0.5, 0.6) is 0 Å². The number of hydrogen-bond donors (Lipinski definition) is 2. The molecular formula is C21H28FN3O3. The van der Waals surface area contributed by atoms with Crippen molar-refractivity contribution in [3.05, 3.63) is 30.1 Å². The largest absolute Gasteiger partial charge is 0.362 e. The number of carbonyl (C=O) groups excluding carboxylic acids is 2. The van der Waals surface area contributed by atoms with Crippen molar-refractivity contribution in [1.82, 2.24) is 10.2 Å². The number of halogens is 1. The Balaban J connectivity index is 1.30. The van der Waals surface area contributed by atoms with E-state index in [9.17, 15) is 14.0 Å². The second-order valence-corrected chi connectivity index (χ2v) is 8.43. The smallest absolute Gasteiger partial charge is 0.321 e. The first-order valence-corrected chi connectivity index (χ1v) is 10.2. The van der Waals surface area contributed by atoms with Crippen LogP contribution in [0.4, 0.5) is 14.9 Å². The van der Waals surface area contributed by atoms with Crippen LogP contribution in [0.15, 0.2) is 24.3 Å². The van der Waals surface area contributed by atoms with Gasteiger partial charge in [-0.05, 0) is 62.3 Å². The summed E-state index contributed by atoms with van der Waals surface area (Å²) in [5.74, 6) is 0.468. The molecule has 4 rings (SSSR count). The van der Waals surface area contributed by atoms with E-state index in [1.54, 1.807) is 17.0 Å². The molecule has 2 saturated heterocycles. The van der Waals surface area contributed by atoms with Crippen molar-refractivity contribution >= 4 is 17.6 Å². The van der Waals surface area contributed by atoms with Crippen molar-refractivity contribution in [3.8, 4) is 0 Å². The Morgan fingerprint density at radius 3 is 2.64 bits per heavy atom. The van der Waals surface area contributed by atoms with Crippen molar-refractivity contribution in [2.45, 2.75) is 50.7 Å². The van der Waals surface area contributed by atoms with E-state index in [4.69, 9.17) is 4.74 Å². The lowest BCUT2D eigenvalue weighted by molar-refractivity contribution is -0.146. The molecule has 28 heavy (non-hydrogen) atoms. The van der Waals surface area contributed by atoms with Crippen molar-refractivity contribution in [2.75, 3.05) is 25.0 Å². The third kappa shape index (κ3) is 4.14. The number of nitrogens with one attached hydrogen (secondary N) is 2. The predicted molar refractivity (Wildman–Crippen MR) is 103 cm³/mol. The summed E-state index contributed by atoms with van der Waals surface area (Å²) in [6.45, 7) is 4.00. The number of likely N-dealkylation sites (tertiary alicyclic amines) is 1. The molecule has 0 bridgehead atoms. The summed E-state index contributed by atoms with van der Waals surface area (Å²) in [7, 11) is 0. The van der Waals surface area contributed by atoms with Crippen molar-refractivity contribution < 1.29 is 18.7 Å². The first-order valence-electron chi connectivity index (χ1n) is 10.2. The number of piperidine rings is 1. The fourth-order valence-corrected chi connectivity index (χ4v) is 4.27. The van der Waals surface area contributed by atoms with Crippen LogP contribution < -0.4 is 10.6 Å². The number of hydrogen-bond acceptors (Lipinski definition) is 3. The van der Waals surface area contributed by atoms with Gasteiger partial charge in [-0.3, -0.25) is 4.79 Å². The van der Waals surface area contributed by atoms with Crippen LogP contribution in [0.3, 0.4) is 0 Å². The minimum atomic E-state index is -0.374. The summed E-state index contributed by atoms with van der Waals surface area (Å²) in [4.78, 5) is 26.7. The van der Waals surface area contributed by atoms with Gasteiger partial charge in [0, 0.05) is 31.2 Å². The number of nitrogens with zero attached hydrogens (tertiary/aromatic N) is 1. The average molecular weight is 389 g/mol. The van der Waals surface area contributed by atoms with E-state index in [1.165, 1.54) is 25.0 Å². The number of rotatable bonds is 4. The van der Waals surface area contributed by atoms with Crippen LogP contribution in [0, 0.1) is 17.7 Å². The molecule has 3 fully saturated rings. The van der Waals surface area contributed by atoms with Gasteiger partial charge >= 0.3 is 6.03 Å². The van der Waals surface area contributed by atoms with E-state index in [2.05, 4.69) is 17.6 Å². The fraction of sp³-hybridized carbons (Fsp3) is 0.619. The minimum Gasteiger partial charge on any atom is -0.362 e. The molecule has 0 radical (unpaired) electrons. The summed E-state index contributed by atoms with van der Waals surface area (Å²) >= 11 is 0. The van der Waals surface area contributed by atoms with Gasteiger partial charge in [0.15, 0.2) is 0 Å². The first kappa shape index (κ1) is 19.2. The third-order valence-electron chi connectivity index (χ3n) is 6.34. The highest BCUT2D eigenvalue weighted by molar-refractivity contribution is 5.89. The number of benzene rings is 1. The topological polar surface area (TPSA) is 70.7 Å². The number of amides is 3. The van der Waals surface area contributed by atoms with E-state index in [0.29, 0.717) is 24.7 Å². The standard InChI is InChI=1S/C21H28FN3O3/c1-14-13-25(20(27)24-17-6-4-16(22)5-7-17)11-10-21(14)9-8-18(28-21)19(26)23-12-15-2-3-15/h4-7,14-15,18H,2-3,8-13H2,1H3,(H,23,26)(H,24,27)/t14-,18+,21+/m1/s1. The van der Waals surface area contributed by atoms with E-state index in [0.717, 1.165) is 25.8 Å². The Labute approximate surface area is 164 Å². The number of carbonyl (C=O) groups is 2. The van der Waals surface area contributed by atoms with Gasteiger partial charge in [0.2, 0.25) is 5.91 Å². The molecule has 0 aromatic heterocycles. The van der Waals surface area contributed by atoms with Crippen molar-refractivity contribution in [3.63, 3.8) is 0 Å². The van der Waals surface area contributed by atoms with Crippen LogP contribution in [0.2, 0.25) is 0 Å². The zero-order chi connectivity index (χ0) is 19.7. The van der Waals surface area contributed by atoms with Crippen LogP contribution in [-0.2, 0) is 9.53 Å². The van der Waals surface area contributed by atoms with E-state index in [1.807, 2.05) is 0 Å². The normalized spacial score (nSPS) is 29.7. The Hall–Kier alpha value is -2.15.